The van der Waals surface area contributed by atoms with Crippen LogP contribution in [0.4, 0.5) is 4.79 Å². The Kier molecular flexibility index (Phi) is 10.0. The zero-order valence-electron chi connectivity index (χ0n) is 17.3. The van der Waals surface area contributed by atoms with Crippen molar-refractivity contribution in [3.8, 4) is 0 Å². The first-order valence-electron chi connectivity index (χ1n) is 10.2. The van der Waals surface area contributed by atoms with Gasteiger partial charge in [0, 0.05) is 6.54 Å². The smallest absolute Gasteiger partial charge is 0.407 e. The van der Waals surface area contributed by atoms with Crippen molar-refractivity contribution in [1.29, 1.82) is 0 Å². The van der Waals surface area contributed by atoms with Gasteiger partial charge in [0.2, 0.25) is 10.0 Å². The Hall–Kier alpha value is -0.860. The van der Waals surface area contributed by atoms with Crippen molar-refractivity contribution < 1.29 is 23.1 Å². The summed E-state index contributed by atoms with van der Waals surface area (Å²) < 4.78 is 31.3. The lowest BCUT2D eigenvalue weighted by Gasteiger charge is -2.31. The average Bonchev–Trinajstić information content (AvgIpc) is 2.53. The molecular weight excluding hydrogens is 368 g/mol. The van der Waals surface area contributed by atoms with Gasteiger partial charge < -0.3 is 15.2 Å². The summed E-state index contributed by atoms with van der Waals surface area (Å²) in [6.07, 6.45) is 5.89. The van der Waals surface area contributed by atoms with Crippen LogP contribution in [0.1, 0.15) is 79.1 Å². The lowest BCUT2D eigenvalue weighted by atomic mass is 9.83. The first-order valence-corrected chi connectivity index (χ1v) is 11.8. The van der Waals surface area contributed by atoms with E-state index in [0.717, 1.165) is 12.8 Å². The second-order valence-corrected chi connectivity index (χ2v) is 10.5. The summed E-state index contributed by atoms with van der Waals surface area (Å²) in [7, 11) is -3.30. The van der Waals surface area contributed by atoms with Crippen LogP contribution < -0.4 is 10.0 Å². The molecule has 27 heavy (non-hydrogen) atoms. The second kappa shape index (κ2) is 11.2. The van der Waals surface area contributed by atoms with Crippen molar-refractivity contribution in [3.05, 3.63) is 0 Å². The predicted molar refractivity (Wildman–Crippen MR) is 107 cm³/mol. The zero-order chi connectivity index (χ0) is 20.5. The fourth-order valence-electron chi connectivity index (χ4n) is 3.46. The molecule has 160 valence electrons. The molecule has 2 atom stereocenters. The molecule has 0 unspecified atom stereocenters. The molecule has 1 aliphatic rings. The Balaban J connectivity index is 2.63. The first-order chi connectivity index (χ1) is 12.5. The summed E-state index contributed by atoms with van der Waals surface area (Å²) in [4.78, 5) is 12.2. The third kappa shape index (κ3) is 10.9. The van der Waals surface area contributed by atoms with Crippen molar-refractivity contribution in [2.45, 2.75) is 96.8 Å². The highest BCUT2D eigenvalue weighted by Crippen LogP contribution is 2.28. The zero-order valence-corrected chi connectivity index (χ0v) is 18.1. The van der Waals surface area contributed by atoms with Crippen LogP contribution in [0, 0.1) is 5.92 Å². The average molecular weight is 407 g/mol. The molecule has 1 aliphatic carbocycles. The molecule has 1 fully saturated rings. The van der Waals surface area contributed by atoms with Gasteiger partial charge in [-0.15, -0.1) is 0 Å². The molecule has 1 amide bonds. The van der Waals surface area contributed by atoms with Gasteiger partial charge in [0.15, 0.2) is 0 Å². The number of hydrogen-bond donors (Lipinski definition) is 3. The van der Waals surface area contributed by atoms with Gasteiger partial charge in [-0.2, -0.15) is 0 Å². The van der Waals surface area contributed by atoms with E-state index in [2.05, 4.69) is 10.0 Å². The van der Waals surface area contributed by atoms with Crippen LogP contribution >= 0.6 is 0 Å². The van der Waals surface area contributed by atoms with Gasteiger partial charge >= 0.3 is 6.09 Å². The number of sulfonamides is 1. The molecule has 0 aliphatic heterocycles. The number of hydrogen-bond acceptors (Lipinski definition) is 5. The number of aliphatic hydroxyl groups is 1. The van der Waals surface area contributed by atoms with Crippen molar-refractivity contribution in [2.24, 2.45) is 5.92 Å². The van der Waals surface area contributed by atoms with Crippen LogP contribution in [0.25, 0.3) is 0 Å². The largest absolute Gasteiger partial charge is 0.444 e. The summed E-state index contributed by atoms with van der Waals surface area (Å²) in [5, 5.41) is 13.4. The molecule has 1 rings (SSSR count). The van der Waals surface area contributed by atoms with Gasteiger partial charge in [-0.05, 0) is 46.0 Å². The molecule has 7 nitrogen and oxygen atoms in total. The number of alkyl carbamates (subject to hydrolysis) is 1. The van der Waals surface area contributed by atoms with Crippen LogP contribution in [0.15, 0.2) is 0 Å². The number of carbonyl (C=O) groups excluding carboxylic acids is 1. The highest BCUT2D eigenvalue weighted by Gasteiger charge is 2.28. The van der Waals surface area contributed by atoms with Gasteiger partial charge in [0.25, 0.3) is 0 Å². The van der Waals surface area contributed by atoms with E-state index < -0.39 is 33.9 Å². The number of carbonyl (C=O) groups is 1. The fraction of sp³-hybridized carbons (Fsp3) is 0.947. The molecule has 0 aromatic rings. The van der Waals surface area contributed by atoms with Crippen LogP contribution in [0.3, 0.4) is 0 Å². The molecule has 1 saturated carbocycles. The molecule has 0 radical (unpaired) electrons. The minimum Gasteiger partial charge on any atom is -0.444 e. The molecule has 0 aromatic carbocycles. The second-order valence-electron chi connectivity index (χ2n) is 8.56. The van der Waals surface area contributed by atoms with E-state index >= 15 is 0 Å². The van der Waals surface area contributed by atoms with Crippen LogP contribution in [-0.4, -0.2) is 49.7 Å². The summed E-state index contributed by atoms with van der Waals surface area (Å²) >= 11 is 0. The topological polar surface area (TPSA) is 105 Å². The van der Waals surface area contributed by atoms with Gasteiger partial charge in [-0.3, -0.25) is 0 Å². The first kappa shape index (κ1) is 24.2. The van der Waals surface area contributed by atoms with Crippen molar-refractivity contribution >= 4 is 16.1 Å². The minimum absolute atomic E-state index is 0.0742. The van der Waals surface area contributed by atoms with Crippen molar-refractivity contribution in [1.82, 2.24) is 10.0 Å². The fourth-order valence-corrected chi connectivity index (χ4v) is 4.57. The Morgan fingerprint density at radius 3 is 2.41 bits per heavy atom. The Morgan fingerprint density at radius 2 is 1.85 bits per heavy atom. The van der Waals surface area contributed by atoms with Gasteiger partial charge in [-0.25, -0.2) is 17.9 Å². The van der Waals surface area contributed by atoms with Crippen LogP contribution in [0.5, 0.6) is 0 Å². The number of rotatable bonds is 10. The maximum atomic E-state index is 12.2. The lowest BCUT2D eigenvalue weighted by molar-refractivity contribution is 0.0382. The molecule has 0 bridgehead atoms. The van der Waals surface area contributed by atoms with Crippen LogP contribution in [0.2, 0.25) is 0 Å². The van der Waals surface area contributed by atoms with E-state index in [9.17, 15) is 18.3 Å². The molecule has 8 heteroatoms. The number of aliphatic hydroxyl groups excluding tert-OH is 1. The third-order valence-electron chi connectivity index (χ3n) is 4.71. The standard InChI is InChI=1S/C19H38N2O5S/c1-5-13-27(24,25)20-12-11-17(22)16(14-15-9-7-6-8-10-15)21-18(23)26-19(2,3)4/h15-17,20,22H,5-14H2,1-4H3,(H,21,23)/t16-,17-/m0/s1. The normalized spacial score (nSPS) is 18.7. The third-order valence-corrected chi connectivity index (χ3v) is 6.30. The maximum Gasteiger partial charge on any atom is 0.407 e. The van der Waals surface area contributed by atoms with E-state index in [1.165, 1.54) is 19.3 Å². The minimum atomic E-state index is -3.30. The highest BCUT2D eigenvalue weighted by atomic mass is 32.2. The maximum absolute atomic E-state index is 12.2. The molecule has 0 heterocycles. The SMILES string of the molecule is CCCS(=O)(=O)NCC[C@H](O)[C@H](CC1CCCCC1)NC(=O)OC(C)(C)C. The Bertz CT molecular complexity index is 539. The highest BCUT2D eigenvalue weighted by molar-refractivity contribution is 7.89. The summed E-state index contributed by atoms with van der Waals surface area (Å²) in [6, 6.07) is -0.446. The van der Waals surface area contributed by atoms with E-state index in [1.807, 2.05) is 0 Å². The summed E-state index contributed by atoms with van der Waals surface area (Å²) in [5.41, 5.74) is -0.611. The predicted octanol–water partition coefficient (Wildman–Crippen LogP) is 2.93. The molecule has 3 N–H and O–H groups in total. The number of ether oxygens (including phenoxy) is 1. The van der Waals surface area contributed by atoms with E-state index in [0.29, 0.717) is 18.8 Å². The van der Waals surface area contributed by atoms with E-state index in [-0.39, 0.29) is 18.7 Å². The summed E-state index contributed by atoms with van der Waals surface area (Å²) in [6.45, 7) is 7.34. The lowest BCUT2D eigenvalue weighted by Crippen LogP contribution is -2.47. The number of nitrogens with one attached hydrogen (secondary N) is 2. The monoisotopic (exact) mass is 406 g/mol. The quantitative estimate of drug-likeness (QED) is 0.517. The van der Waals surface area contributed by atoms with Gasteiger partial charge in [0.05, 0.1) is 17.9 Å². The Morgan fingerprint density at radius 1 is 1.22 bits per heavy atom. The molecule has 0 aromatic heterocycles. The Labute approximate surface area is 164 Å². The molecule has 0 spiro atoms. The van der Waals surface area contributed by atoms with Crippen molar-refractivity contribution in [3.63, 3.8) is 0 Å². The molecule has 0 saturated heterocycles. The number of amides is 1. The molecular formula is C19H38N2O5S. The van der Waals surface area contributed by atoms with Gasteiger partial charge in [-0.1, -0.05) is 39.0 Å². The van der Waals surface area contributed by atoms with Crippen LogP contribution in [-0.2, 0) is 14.8 Å². The van der Waals surface area contributed by atoms with E-state index in [1.54, 1.807) is 27.7 Å². The van der Waals surface area contributed by atoms with Crippen molar-refractivity contribution in [2.75, 3.05) is 12.3 Å². The van der Waals surface area contributed by atoms with E-state index in [4.69, 9.17) is 4.74 Å². The van der Waals surface area contributed by atoms with Gasteiger partial charge in [0.1, 0.15) is 5.60 Å². The summed E-state index contributed by atoms with van der Waals surface area (Å²) in [5.74, 6) is 0.537.